The average Bonchev–Trinajstić information content (AvgIpc) is 2.26. The molecule has 0 aliphatic carbocycles. The van der Waals surface area contributed by atoms with Crippen molar-refractivity contribution < 1.29 is 0 Å². The highest BCUT2D eigenvalue weighted by atomic mass is 15.2. The van der Waals surface area contributed by atoms with E-state index in [1.165, 1.54) is 0 Å². The Hall–Kier alpha value is -1.56. The second-order valence-corrected chi connectivity index (χ2v) is 3.71. The van der Waals surface area contributed by atoms with E-state index < -0.39 is 0 Å². The minimum Gasteiger partial charge on any atom is -0.355 e. The van der Waals surface area contributed by atoms with Crippen molar-refractivity contribution >= 4 is 5.82 Å². The maximum Gasteiger partial charge on any atom is 0.131 e. The van der Waals surface area contributed by atoms with Gasteiger partial charge in [-0.05, 0) is 32.4 Å². The van der Waals surface area contributed by atoms with Crippen molar-refractivity contribution in [3.8, 4) is 6.07 Å². The van der Waals surface area contributed by atoms with E-state index in [1.807, 2.05) is 26.0 Å². The molecule has 0 aromatic carbocycles. The zero-order valence-electron chi connectivity index (χ0n) is 9.57. The van der Waals surface area contributed by atoms with E-state index >= 15 is 0 Å². The molecule has 0 aliphatic rings. The zero-order chi connectivity index (χ0) is 11.3. The van der Waals surface area contributed by atoms with Crippen molar-refractivity contribution in [2.24, 2.45) is 5.92 Å². The first kappa shape index (κ1) is 11.5. The first-order valence-electron chi connectivity index (χ1n) is 5.25. The molecule has 3 heteroatoms. The fourth-order valence-corrected chi connectivity index (χ4v) is 1.55. The minimum atomic E-state index is 0.0337. The molecule has 0 saturated carbocycles. The Kier molecular flexibility index (Phi) is 4.11. The molecule has 1 unspecified atom stereocenters. The van der Waals surface area contributed by atoms with Crippen molar-refractivity contribution in [3.05, 3.63) is 23.9 Å². The number of nitrogens with zero attached hydrogens (tertiary/aromatic N) is 3. The van der Waals surface area contributed by atoms with Crippen LogP contribution in [0.4, 0.5) is 5.82 Å². The molecule has 15 heavy (non-hydrogen) atoms. The van der Waals surface area contributed by atoms with E-state index in [9.17, 15) is 0 Å². The molecule has 1 rings (SSSR count). The van der Waals surface area contributed by atoms with Gasteiger partial charge in [-0.1, -0.05) is 6.07 Å². The molecular weight excluding hydrogens is 186 g/mol. The number of rotatable bonds is 4. The van der Waals surface area contributed by atoms with Gasteiger partial charge in [0.25, 0.3) is 0 Å². The SMILES string of the molecule is CCN(CC(C)C#N)c1ncccc1C. The van der Waals surface area contributed by atoms with E-state index in [4.69, 9.17) is 5.26 Å². The molecule has 0 aliphatic heterocycles. The number of pyridine rings is 1. The largest absolute Gasteiger partial charge is 0.355 e. The highest BCUT2D eigenvalue weighted by Crippen LogP contribution is 2.16. The van der Waals surface area contributed by atoms with Crippen molar-refractivity contribution in [2.75, 3.05) is 18.0 Å². The first-order valence-corrected chi connectivity index (χ1v) is 5.25. The fourth-order valence-electron chi connectivity index (χ4n) is 1.55. The summed E-state index contributed by atoms with van der Waals surface area (Å²) in [7, 11) is 0. The summed E-state index contributed by atoms with van der Waals surface area (Å²) in [5.74, 6) is 1.02. The van der Waals surface area contributed by atoms with Crippen LogP contribution in [0.15, 0.2) is 18.3 Å². The molecule has 0 saturated heterocycles. The molecule has 0 radical (unpaired) electrons. The van der Waals surface area contributed by atoms with Gasteiger partial charge in [-0.15, -0.1) is 0 Å². The van der Waals surface area contributed by atoms with Gasteiger partial charge in [0.05, 0.1) is 12.0 Å². The van der Waals surface area contributed by atoms with E-state index in [1.54, 1.807) is 6.20 Å². The van der Waals surface area contributed by atoms with Crippen LogP contribution in [-0.4, -0.2) is 18.1 Å². The number of anilines is 1. The van der Waals surface area contributed by atoms with E-state index in [-0.39, 0.29) is 5.92 Å². The second-order valence-electron chi connectivity index (χ2n) is 3.71. The molecular formula is C12H17N3. The van der Waals surface area contributed by atoms with Crippen molar-refractivity contribution in [2.45, 2.75) is 20.8 Å². The van der Waals surface area contributed by atoms with Gasteiger partial charge in [-0.2, -0.15) is 5.26 Å². The molecule has 80 valence electrons. The lowest BCUT2D eigenvalue weighted by molar-refractivity contribution is 0.678. The Morgan fingerprint density at radius 3 is 2.87 bits per heavy atom. The molecule has 3 nitrogen and oxygen atoms in total. The van der Waals surface area contributed by atoms with Crippen molar-refractivity contribution in [3.63, 3.8) is 0 Å². The summed E-state index contributed by atoms with van der Waals surface area (Å²) in [5.41, 5.74) is 1.16. The molecule has 1 aromatic rings. The molecule has 0 spiro atoms. The van der Waals surface area contributed by atoms with Gasteiger partial charge in [0.2, 0.25) is 0 Å². The number of hydrogen-bond donors (Lipinski definition) is 0. The second kappa shape index (κ2) is 5.35. The van der Waals surface area contributed by atoms with E-state index in [0.717, 1.165) is 24.5 Å². The maximum atomic E-state index is 8.80. The fraction of sp³-hybridized carbons (Fsp3) is 0.500. The van der Waals surface area contributed by atoms with E-state index in [0.29, 0.717) is 0 Å². The topological polar surface area (TPSA) is 39.9 Å². The van der Waals surface area contributed by atoms with Crippen LogP contribution in [0, 0.1) is 24.2 Å². The van der Waals surface area contributed by atoms with Gasteiger partial charge in [-0.3, -0.25) is 0 Å². The zero-order valence-corrected chi connectivity index (χ0v) is 9.57. The highest BCUT2D eigenvalue weighted by Gasteiger charge is 2.11. The molecule has 0 N–H and O–H groups in total. The average molecular weight is 203 g/mol. The molecule has 0 bridgehead atoms. The third kappa shape index (κ3) is 2.95. The Balaban J connectivity index is 2.84. The maximum absolute atomic E-state index is 8.80. The third-order valence-electron chi connectivity index (χ3n) is 2.38. The predicted molar refractivity (Wildman–Crippen MR) is 61.6 cm³/mol. The summed E-state index contributed by atoms with van der Waals surface area (Å²) in [6, 6.07) is 6.22. The smallest absolute Gasteiger partial charge is 0.131 e. The third-order valence-corrected chi connectivity index (χ3v) is 2.38. The van der Waals surface area contributed by atoms with Crippen LogP contribution >= 0.6 is 0 Å². The standard InChI is InChI=1S/C12H17N3/c1-4-15(9-10(2)8-13)12-11(3)6-5-7-14-12/h5-7,10H,4,9H2,1-3H3. The predicted octanol–water partition coefficient (Wildman–Crippen LogP) is 2.38. The van der Waals surface area contributed by atoms with Crippen LogP contribution in [0.3, 0.4) is 0 Å². The monoisotopic (exact) mass is 203 g/mol. The summed E-state index contributed by atoms with van der Waals surface area (Å²) in [6.45, 7) is 7.68. The van der Waals surface area contributed by atoms with Crippen molar-refractivity contribution in [1.29, 1.82) is 5.26 Å². The summed E-state index contributed by atoms with van der Waals surface area (Å²) < 4.78 is 0. The Morgan fingerprint density at radius 2 is 2.33 bits per heavy atom. The van der Waals surface area contributed by atoms with Crippen LogP contribution in [0.5, 0.6) is 0 Å². The lowest BCUT2D eigenvalue weighted by Gasteiger charge is -2.24. The van der Waals surface area contributed by atoms with Crippen LogP contribution < -0.4 is 4.90 Å². The quantitative estimate of drug-likeness (QED) is 0.754. The summed E-state index contributed by atoms with van der Waals surface area (Å²) >= 11 is 0. The number of aromatic nitrogens is 1. The lowest BCUT2D eigenvalue weighted by Crippen LogP contribution is -2.29. The molecule has 1 aromatic heterocycles. The lowest BCUT2D eigenvalue weighted by atomic mass is 10.2. The highest BCUT2D eigenvalue weighted by molar-refractivity contribution is 5.45. The van der Waals surface area contributed by atoms with Crippen LogP contribution in [0.2, 0.25) is 0 Å². The van der Waals surface area contributed by atoms with Crippen LogP contribution in [0.1, 0.15) is 19.4 Å². The normalized spacial score (nSPS) is 11.9. The van der Waals surface area contributed by atoms with Crippen LogP contribution in [0.25, 0.3) is 0 Å². The van der Waals surface area contributed by atoms with E-state index in [2.05, 4.69) is 22.9 Å². The van der Waals surface area contributed by atoms with Crippen molar-refractivity contribution in [1.82, 2.24) is 4.98 Å². The van der Waals surface area contributed by atoms with Gasteiger partial charge in [0.15, 0.2) is 0 Å². The Bertz CT molecular complexity index is 354. The number of hydrogen-bond acceptors (Lipinski definition) is 3. The molecule has 0 amide bonds. The first-order chi connectivity index (χ1) is 7.19. The van der Waals surface area contributed by atoms with Gasteiger partial charge >= 0.3 is 0 Å². The Labute approximate surface area is 91.4 Å². The Morgan fingerprint density at radius 1 is 1.60 bits per heavy atom. The molecule has 1 heterocycles. The number of nitriles is 1. The summed E-state index contributed by atoms with van der Waals surface area (Å²) in [6.07, 6.45) is 1.79. The van der Waals surface area contributed by atoms with Gasteiger partial charge in [-0.25, -0.2) is 4.98 Å². The summed E-state index contributed by atoms with van der Waals surface area (Å²) in [5, 5.41) is 8.80. The summed E-state index contributed by atoms with van der Waals surface area (Å²) in [4.78, 5) is 6.50. The van der Waals surface area contributed by atoms with Gasteiger partial charge < -0.3 is 4.90 Å². The van der Waals surface area contributed by atoms with Gasteiger partial charge in [0, 0.05) is 19.3 Å². The van der Waals surface area contributed by atoms with Gasteiger partial charge in [0.1, 0.15) is 5.82 Å². The number of aryl methyl sites for hydroxylation is 1. The minimum absolute atomic E-state index is 0.0337. The molecule has 1 atom stereocenters. The van der Waals surface area contributed by atoms with Crippen LogP contribution in [-0.2, 0) is 0 Å². The molecule has 0 fully saturated rings.